The van der Waals surface area contributed by atoms with Crippen molar-refractivity contribution in [3.05, 3.63) is 11.8 Å². The topological polar surface area (TPSA) is 58.0 Å². The van der Waals surface area contributed by atoms with E-state index in [0.717, 1.165) is 36.9 Å². The number of hydrogen-bond acceptors (Lipinski definition) is 3. The van der Waals surface area contributed by atoms with Crippen LogP contribution in [0.5, 0.6) is 0 Å². The molecule has 19 heavy (non-hydrogen) atoms. The highest BCUT2D eigenvalue weighted by atomic mass is 15.3. The predicted octanol–water partition coefficient (Wildman–Crippen LogP) is 3.15. The van der Waals surface area contributed by atoms with Crippen LogP contribution in [0.25, 0.3) is 0 Å². The standard InChI is InChI=1S/C15H24N4/c1-4-12(3)19-13(10-16)9-14(17)15(19)18-7-5-11(2)6-8-18/h9,11-12H,4-8,17H2,1-3H3. The molecule has 4 nitrogen and oxygen atoms in total. The summed E-state index contributed by atoms with van der Waals surface area (Å²) in [5, 5.41) is 9.30. The van der Waals surface area contributed by atoms with Gasteiger partial charge in [-0.25, -0.2) is 0 Å². The normalized spacial score (nSPS) is 18.3. The summed E-state index contributed by atoms with van der Waals surface area (Å²) < 4.78 is 2.12. The van der Waals surface area contributed by atoms with E-state index in [1.807, 2.05) is 6.07 Å². The van der Waals surface area contributed by atoms with Crippen LogP contribution in [0.1, 0.15) is 51.8 Å². The first kappa shape index (κ1) is 13.8. The Labute approximate surface area is 115 Å². The van der Waals surface area contributed by atoms with E-state index in [-0.39, 0.29) is 0 Å². The van der Waals surface area contributed by atoms with E-state index >= 15 is 0 Å². The maximum absolute atomic E-state index is 9.30. The van der Waals surface area contributed by atoms with Gasteiger partial charge in [0.1, 0.15) is 17.6 Å². The van der Waals surface area contributed by atoms with Crippen LogP contribution in [-0.4, -0.2) is 17.7 Å². The molecule has 0 radical (unpaired) electrons. The van der Waals surface area contributed by atoms with Gasteiger partial charge in [0, 0.05) is 19.1 Å². The number of aromatic nitrogens is 1. The van der Waals surface area contributed by atoms with Crippen LogP contribution in [-0.2, 0) is 0 Å². The first-order chi connectivity index (χ1) is 9.08. The molecule has 0 bridgehead atoms. The highest BCUT2D eigenvalue weighted by molar-refractivity contribution is 5.68. The molecule has 0 aliphatic carbocycles. The molecule has 2 N–H and O–H groups in total. The minimum atomic E-state index is 0.307. The molecular weight excluding hydrogens is 236 g/mol. The van der Waals surface area contributed by atoms with Crippen molar-refractivity contribution < 1.29 is 0 Å². The van der Waals surface area contributed by atoms with Gasteiger partial charge in [-0.05, 0) is 38.2 Å². The van der Waals surface area contributed by atoms with Gasteiger partial charge in [0.05, 0.1) is 5.69 Å². The molecule has 2 heterocycles. The highest BCUT2D eigenvalue weighted by Crippen LogP contribution is 2.34. The van der Waals surface area contributed by atoms with Gasteiger partial charge in [0.25, 0.3) is 0 Å². The third-order valence-electron chi connectivity index (χ3n) is 4.27. The van der Waals surface area contributed by atoms with Crippen LogP contribution in [0, 0.1) is 17.2 Å². The Kier molecular flexibility index (Phi) is 4.04. The molecule has 1 saturated heterocycles. The van der Waals surface area contributed by atoms with Crippen molar-refractivity contribution in [3.63, 3.8) is 0 Å². The lowest BCUT2D eigenvalue weighted by Gasteiger charge is -2.34. The number of nitrogens with zero attached hydrogens (tertiary/aromatic N) is 3. The predicted molar refractivity (Wildman–Crippen MR) is 79.2 cm³/mol. The van der Waals surface area contributed by atoms with E-state index < -0.39 is 0 Å². The fourth-order valence-corrected chi connectivity index (χ4v) is 2.80. The lowest BCUT2D eigenvalue weighted by molar-refractivity contribution is 0.427. The minimum absolute atomic E-state index is 0.307. The number of anilines is 2. The van der Waals surface area contributed by atoms with Crippen LogP contribution in [0.2, 0.25) is 0 Å². The van der Waals surface area contributed by atoms with Gasteiger partial charge in [-0.3, -0.25) is 0 Å². The zero-order chi connectivity index (χ0) is 14.0. The van der Waals surface area contributed by atoms with Crippen molar-refractivity contribution in [2.45, 2.75) is 46.1 Å². The summed E-state index contributed by atoms with van der Waals surface area (Å²) in [5.41, 5.74) is 7.59. The Morgan fingerprint density at radius 2 is 2.11 bits per heavy atom. The van der Waals surface area contributed by atoms with E-state index in [1.54, 1.807) is 0 Å². The smallest absolute Gasteiger partial charge is 0.133 e. The molecule has 1 fully saturated rings. The molecule has 1 aliphatic heterocycles. The molecule has 1 aliphatic rings. The van der Waals surface area contributed by atoms with Crippen molar-refractivity contribution in [2.24, 2.45) is 5.92 Å². The van der Waals surface area contributed by atoms with E-state index in [9.17, 15) is 5.26 Å². The first-order valence-corrected chi connectivity index (χ1v) is 7.24. The van der Waals surface area contributed by atoms with Crippen LogP contribution >= 0.6 is 0 Å². The number of piperidine rings is 1. The summed E-state index contributed by atoms with van der Waals surface area (Å²) in [5.74, 6) is 1.85. The van der Waals surface area contributed by atoms with E-state index in [2.05, 4.69) is 36.3 Å². The van der Waals surface area contributed by atoms with Gasteiger partial charge in [-0.1, -0.05) is 13.8 Å². The lowest BCUT2D eigenvalue weighted by atomic mass is 9.99. The van der Waals surface area contributed by atoms with Crippen LogP contribution in [0.3, 0.4) is 0 Å². The molecule has 1 aromatic rings. The Morgan fingerprint density at radius 3 is 2.63 bits per heavy atom. The Bertz CT molecular complexity index is 475. The molecule has 1 aromatic heterocycles. The van der Waals surface area contributed by atoms with E-state index in [1.165, 1.54) is 12.8 Å². The van der Waals surface area contributed by atoms with Gasteiger partial charge in [-0.2, -0.15) is 5.26 Å². The van der Waals surface area contributed by atoms with Crippen LogP contribution in [0.15, 0.2) is 6.07 Å². The Balaban J connectivity index is 2.39. The fourth-order valence-electron chi connectivity index (χ4n) is 2.80. The summed E-state index contributed by atoms with van der Waals surface area (Å²) in [6.45, 7) is 8.67. The second kappa shape index (κ2) is 5.56. The zero-order valence-corrected chi connectivity index (χ0v) is 12.2. The maximum atomic E-state index is 9.30. The van der Waals surface area contributed by atoms with E-state index in [0.29, 0.717) is 11.7 Å². The average molecular weight is 260 g/mol. The maximum Gasteiger partial charge on any atom is 0.133 e. The summed E-state index contributed by atoms with van der Waals surface area (Å²) in [4.78, 5) is 2.35. The lowest BCUT2D eigenvalue weighted by Crippen LogP contribution is -2.35. The number of nitrogen functional groups attached to an aromatic ring is 1. The summed E-state index contributed by atoms with van der Waals surface area (Å²) in [6.07, 6.45) is 3.40. The number of nitriles is 1. The second-order valence-corrected chi connectivity index (χ2v) is 5.72. The molecule has 1 unspecified atom stereocenters. The van der Waals surface area contributed by atoms with Gasteiger partial charge >= 0.3 is 0 Å². The summed E-state index contributed by atoms with van der Waals surface area (Å²) in [6, 6.07) is 4.40. The molecular formula is C15H24N4. The average Bonchev–Trinajstić information content (AvgIpc) is 2.75. The van der Waals surface area contributed by atoms with Crippen molar-refractivity contribution in [1.82, 2.24) is 4.57 Å². The number of nitrogens with two attached hydrogens (primary N) is 1. The Hall–Kier alpha value is -1.63. The van der Waals surface area contributed by atoms with Gasteiger partial charge < -0.3 is 15.2 Å². The molecule has 0 spiro atoms. The van der Waals surface area contributed by atoms with Crippen LogP contribution in [0.4, 0.5) is 11.5 Å². The van der Waals surface area contributed by atoms with Crippen molar-refractivity contribution in [1.29, 1.82) is 5.26 Å². The largest absolute Gasteiger partial charge is 0.396 e. The van der Waals surface area contributed by atoms with Gasteiger partial charge in [0.15, 0.2) is 0 Å². The molecule has 104 valence electrons. The van der Waals surface area contributed by atoms with Crippen molar-refractivity contribution >= 4 is 11.5 Å². The number of hydrogen-bond donors (Lipinski definition) is 1. The molecule has 1 atom stereocenters. The molecule has 4 heteroatoms. The number of rotatable bonds is 3. The molecule has 0 amide bonds. The summed E-state index contributed by atoms with van der Waals surface area (Å²) in [7, 11) is 0. The molecule has 0 saturated carbocycles. The fraction of sp³-hybridized carbons (Fsp3) is 0.667. The second-order valence-electron chi connectivity index (χ2n) is 5.72. The zero-order valence-electron chi connectivity index (χ0n) is 12.2. The minimum Gasteiger partial charge on any atom is -0.396 e. The Morgan fingerprint density at radius 1 is 1.47 bits per heavy atom. The highest BCUT2D eigenvalue weighted by Gasteiger charge is 2.24. The summed E-state index contributed by atoms with van der Waals surface area (Å²) >= 11 is 0. The van der Waals surface area contributed by atoms with Crippen molar-refractivity contribution in [3.8, 4) is 6.07 Å². The molecule has 0 aromatic carbocycles. The monoisotopic (exact) mass is 260 g/mol. The van der Waals surface area contributed by atoms with Crippen LogP contribution < -0.4 is 10.6 Å². The third-order valence-corrected chi connectivity index (χ3v) is 4.27. The first-order valence-electron chi connectivity index (χ1n) is 7.24. The molecule has 2 rings (SSSR count). The quantitative estimate of drug-likeness (QED) is 0.908. The van der Waals surface area contributed by atoms with Gasteiger partial charge in [0.2, 0.25) is 0 Å². The van der Waals surface area contributed by atoms with Gasteiger partial charge in [-0.15, -0.1) is 0 Å². The van der Waals surface area contributed by atoms with E-state index in [4.69, 9.17) is 5.73 Å². The third kappa shape index (κ3) is 2.56. The SMILES string of the molecule is CCC(C)n1c(C#N)cc(N)c1N1CCC(C)CC1. The van der Waals surface area contributed by atoms with Crippen molar-refractivity contribution in [2.75, 3.05) is 23.7 Å².